The van der Waals surface area contributed by atoms with Crippen LogP contribution in [-0.4, -0.2) is 39.5 Å². The van der Waals surface area contributed by atoms with Gasteiger partial charge in [0.1, 0.15) is 0 Å². The number of anilines is 4. The van der Waals surface area contributed by atoms with Crippen molar-refractivity contribution in [1.82, 2.24) is 0 Å². The summed E-state index contributed by atoms with van der Waals surface area (Å²) >= 11 is 0. The van der Waals surface area contributed by atoms with Crippen LogP contribution in [0.3, 0.4) is 0 Å². The molecule has 4 aromatic rings. The summed E-state index contributed by atoms with van der Waals surface area (Å²) in [6, 6.07) is 41.7. The van der Waals surface area contributed by atoms with Crippen molar-refractivity contribution in [3.05, 3.63) is 121 Å². The van der Waals surface area contributed by atoms with Gasteiger partial charge >= 0.3 is 0 Å². The summed E-state index contributed by atoms with van der Waals surface area (Å²) in [7, 11) is 0. The van der Waals surface area contributed by atoms with Gasteiger partial charge in [0.05, 0.1) is 26.4 Å². The van der Waals surface area contributed by atoms with Crippen LogP contribution >= 0.6 is 0 Å². The maximum atomic E-state index is 5.90. The van der Waals surface area contributed by atoms with Gasteiger partial charge in [-0.3, -0.25) is 0 Å². The van der Waals surface area contributed by atoms with Gasteiger partial charge in [0.15, 0.2) is 0 Å². The van der Waals surface area contributed by atoms with E-state index in [4.69, 9.17) is 9.47 Å². The first-order chi connectivity index (χ1) is 16.9. The molecule has 34 heavy (non-hydrogen) atoms. The van der Waals surface area contributed by atoms with Crippen LogP contribution < -0.4 is 9.80 Å². The van der Waals surface area contributed by atoms with E-state index in [-0.39, 0.29) is 0 Å². The quantitative estimate of drug-likeness (QED) is 0.211. The van der Waals surface area contributed by atoms with Crippen LogP contribution in [0.15, 0.2) is 121 Å². The van der Waals surface area contributed by atoms with Gasteiger partial charge in [0, 0.05) is 35.8 Å². The molecule has 0 spiro atoms. The normalized spacial score (nSPS) is 10.7. The van der Waals surface area contributed by atoms with Gasteiger partial charge in [-0.1, -0.05) is 72.8 Å². The molecule has 0 fully saturated rings. The molecule has 0 aromatic heterocycles. The summed E-state index contributed by atoms with van der Waals surface area (Å²) in [5.41, 5.74) is 4.65. The number of para-hydroxylation sites is 4. The molecule has 0 saturated carbocycles. The van der Waals surface area contributed by atoms with Gasteiger partial charge in [-0.25, -0.2) is 0 Å². The van der Waals surface area contributed by atoms with E-state index in [0.29, 0.717) is 26.4 Å². The molecule has 0 aliphatic carbocycles. The van der Waals surface area contributed by atoms with Crippen molar-refractivity contribution in [3.8, 4) is 0 Å². The Balaban J connectivity index is 1.21. The van der Waals surface area contributed by atoms with E-state index in [1.54, 1.807) is 0 Å². The molecule has 0 aliphatic rings. The number of benzene rings is 4. The minimum atomic E-state index is 0.577. The fourth-order valence-corrected chi connectivity index (χ4v) is 3.88. The van der Waals surface area contributed by atoms with Crippen LogP contribution in [0.2, 0.25) is 0 Å². The highest BCUT2D eigenvalue weighted by Crippen LogP contribution is 2.25. The Kier molecular flexibility index (Phi) is 9.14. The smallest absolute Gasteiger partial charge is 0.0701 e. The lowest BCUT2D eigenvalue weighted by Gasteiger charge is -2.25. The van der Waals surface area contributed by atoms with Crippen LogP contribution in [0.5, 0.6) is 0 Å². The third-order valence-electron chi connectivity index (χ3n) is 5.56. The molecule has 4 rings (SSSR count). The van der Waals surface area contributed by atoms with Crippen LogP contribution in [-0.2, 0) is 9.47 Å². The number of hydrogen-bond donors (Lipinski definition) is 0. The van der Waals surface area contributed by atoms with Crippen LogP contribution in [0.25, 0.3) is 0 Å². The highest BCUT2D eigenvalue weighted by Gasteiger charge is 2.10. The molecule has 0 bridgehead atoms. The topological polar surface area (TPSA) is 24.9 Å². The minimum Gasteiger partial charge on any atom is -0.377 e. The van der Waals surface area contributed by atoms with E-state index in [2.05, 4.69) is 107 Å². The first-order valence-corrected chi connectivity index (χ1v) is 11.8. The van der Waals surface area contributed by atoms with Gasteiger partial charge in [0.2, 0.25) is 0 Å². The van der Waals surface area contributed by atoms with Crippen molar-refractivity contribution in [1.29, 1.82) is 0 Å². The molecule has 174 valence electrons. The van der Waals surface area contributed by atoms with Gasteiger partial charge in [-0.15, -0.1) is 0 Å². The first kappa shape index (κ1) is 23.6. The van der Waals surface area contributed by atoms with E-state index in [9.17, 15) is 0 Å². The zero-order chi connectivity index (χ0) is 23.3. The van der Waals surface area contributed by atoms with Crippen molar-refractivity contribution in [2.45, 2.75) is 0 Å². The van der Waals surface area contributed by atoms with Crippen LogP contribution in [0.4, 0.5) is 22.7 Å². The molecule has 0 unspecified atom stereocenters. The summed E-state index contributed by atoms with van der Waals surface area (Å²) in [6.45, 7) is 3.98. The van der Waals surface area contributed by atoms with Crippen molar-refractivity contribution in [2.24, 2.45) is 0 Å². The van der Waals surface area contributed by atoms with E-state index < -0.39 is 0 Å². The van der Waals surface area contributed by atoms with E-state index in [0.717, 1.165) is 35.8 Å². The molecule has 4 heteroatoms. The van der Waals surface area contributed by atoms with Crippen molar-refractivity contribution in [2.75, 3.05) is 49.3 Å². The molecular weight excluding hydrogens is 420 g/mol. The van der Waals surface area contributed by atoms with Crippen molar-refractivity contribution >= 4 is 22.7 Å². The minimum absolute atomic E-state index is 0.577. The average molecular weight is 453 g/mol. The molecular formula is C30H32N2O2. The Morgan fingerprint density at radius 2 is 0.618 bits per heavy atom. The second-order valence-corrected chi connectivity index (χ2v) is 7.87. The highest BCUT2D eigenvalue weighted by molar-refractivity contribution is 5.63. The monoisotopic (exact) mass is 452 g/mol. The Hall–Kier alpha value is -3.60. The number of hydrogen-bond acceptors (Lipinski definition) is 4. The fourth-order valence-electron chi connectivity index (χ4n) is 3.88. The molecule has 4 nitrogen and oxygen atoms in total. The third-order valence-corrected chi connectivity index (χ3v) is 5.56. The third kappa shape index (κ3) is 6.95. The summed E-state index contributed by atoms with van der Waals surface area (Å²) in [6.07, 6.45) is 0. The van der Waals surface area contributed by atoms with Crippen LogP contribution in [0.1, 0.15) is 0 Å². The number of ether oxygens (including phenoxy) is 2. The Labute approximate surface area is 203 Å². The second-order valence-electron chi connectivity index (χ2n) is 7.87. The second kappa shape index (κ2) is 13.2. The lowest BCUT2D eigenvalue weighted by molar-refractivity contribution is 0.0538. The van der Waals surface area contributed by atoms with E-state index in [1.807, 2.05) is 24.3 Å². The first-order valence-electron chi connectivity index (χ1n) is 11.8. The summed E-state index contributed by atoms with van der Waals surface area (Å²) in [4.78, 5) is 4.55. The molecule has 0 aliphatic heterocycles. The number of rotatable bonds is 13. The number of nitrogens with zero attached hydrogens (tertiary/aromatic N) is 2. The lowest BCUT2D eigenvalue weighted by Crippen LogP contribution is -2.24. The van der Waals surface area contributed by atoms with Gasteiger partial charge in [-0.05, 0) is 48.5 Å². The summed E-state index contributed by atoms with van der Waals surface area (Å²) in [5, 5.41) is 0. The zero-order valence-corrected chi connectivity index (χ0v) is 19.5. The fraction of sp³-hybridized carbons (Fsp3) is 0.200. The predicted octanol–water partition coefficient (Wildman–Crippen LogP) is 6.70. The van der Waals surface area contributed by atoms with Crippen LogP contribution in [0, 0.1) is 0 Å². The lowest BCUT2D eigenvalue weighted by atomic mass is 10.2. The zero-order valence-electron chi connectivity index (χ0n) is 19.5. The SMILES string of the molecule is c1ccc(N(CCOCCOCCN(c2ccccc2)c2ccccc2)c2ccccc2)cc1. The maximum Gasteiger partial charge on any atom is 0.0701 e. The van der Waals surface area contributed by atoms with Gasteiger partial charge < -0.3 is 19.3 Å². The Morgan fingerprint density at radius 1 is 0.353 bits per heavy atom. The molecule has 0 radical (unpaired) electrons. The summed E-state index contributed by atoms with van der Waals surface area (Å²) in [5.74, 6) is 0. The van der Waals surface area contributed by atoms with E-state index in [1.165, 1.54) is 0 Å². The van der Waals surface area contributed by atoms with Gasteiger partial charge in [-0.2, -0.15) is 0 Å². The summed E-state index contributed by atoms with van der Waals surface area (Å²) < 4.78 is 11.8. The standard InChI is InChI=1S/C30H32N2O2/c1-5-13-27(14-6-1)31(28-15-7-2-8-16-28)21-23-33-25-26-34-24-22-32(29-17-9-3-10-18-29)30-19-11-4-12-20-30/h1-20H,21-26H2. The maximum absolute atomic E-state index is 5.90. The highest BCUT2D eigenvalue weighted by atomic mass is 16.5. The van der Waals surface area contributed by atoms with Gasteiger partial charge in [0.25, 0.3) is 0 Å². The Bertz CT molecular complexity index is 892. The van der Waals surface area contributed by atoms with E-state index >= 15 is 0 Å². The molecule has 0 atom stereocenters. The average Bonchev–Trinajstić information content (AvgIpc) is 2.92. The molecule has 0 saturated heterocycles. The Morgan fingerprint density at radius 3 is 0.882 bits per heavy atom. The van der Waals surface area contributed by atoms with Crippen molar-refractivity contribution in [3.63, 3.8) is 0 Å². The molecule has 0 heterocycles. The largest absolute Gasteiger partial charge is 0.377 e. The predicted molar refractivity (Wildman–Crippen MR) is 141 cm³/mol. The van der Waals surface area contributed by atoms with Crippen molar-refractivity contribution < 1.29 is 9.47 Å². The molecule has 0 N–H and O–H groups in total. The molecule has 0 amide bonds. The molecule has 4 aromatic carbocycles.